The van der Waals surface area contributed by atoms with Crippen molar-refractivity contribution < 1.29 is 14.7 Å². The van der Waals surface area contributed by atoms with Crippen LogP contribution in [0.4, 0.5) is 0 Å². The van der Waals surface area contributed by atoms with Gasteiger partial charge in [-0.2, -0.15) is 0 Å². The van der Waals surface area contributed by atoms with Crippen molar-refractivity contribution in [1.29, 1.82) is 0 Å². The van der Waals surface area contributed by atoms with Crippen molar-refractivity contribution in [3.05, 3.63) is 24.3 Å². The second-order valence-corrected chi connectivity index (χ2v) is 5.36. The zero-order valence-electron chi connectivity index (χ0n) is 13.4. The van der Waals surface area contributed by atoms with E-state index < -0.39 is 5.97 Å². The molecule has 0 rings (SSSR count). The zero-order valence-corrected chi connectivity index (χ0v) is 13.4. The third-order valence-electron chi connectivity index (χ3n) is 3.25. The van der Waals surface area contributed by atoms with Gasteiger partial charge in [0.15, 0.2) is 0 Å². The minimum Gasteiger partial charge on any atom is -0.481 e. The van der Waals surface area contributed by atoms with Crippen LogP contribution < -0.4 is 0 Å². The fourth-order valence-corrected chi connectivity index (χ4v) is 1.97. The van der Waals surface area contributed by atoms with Crippen molar-refractivity contribution in [3.63, 3.8) is 0 Å². The molecule has 21 heavy (non-hydrogen) atoms. The molecule has 0 fully saturated rings. The molecule has 0 unspecified atom stereocenters. The molecule has 0 atom stereocenters. The molecule has 0 aromatic rings. The van der Waals surface area contributed by atoms with Crippen LogP contribution in [0.2, 0.25) is 0 Å². The highest BCUT2D eigenvalue weighted by molar-refractivity contribution is 5.79. The van der Waals surface area contributed by atoms with Crippen LogP contribution in [-0.4, -0.2) is 16.9 Å². The molecule has 0 aliphatic carbocycles. The van der Waals surface area contributed by atoms with Gasteiger partial charge in [0.05, 0.1) is 0 Å². The van der Waals surface area contributed by atoms with Gasteiger partial charge in [0.25, 0.3) is 0 Å². The first-order valence-electron chi connectivity index (χ1n) is 8.20. The predicted molar refractivity (Wildman–Crippen MR) is 87.4 cm³/mol. The Morgan fingerprint density at radius 2 is 1.43 bits per heavy atom. The molecule has 1 N–H and O–H groups in total. The van der Waals surface area contributed by atoms with E-state index in [2.05, 4.69) is 19.1 Å². The summed E-state index contributed by atoms with van der Waals surface area (Å²) < 4.78 is 0. The number of hydrogen-bond acceptors (Lipinski definition) is 2. The molecule has 0 bridgehead atoms. The summed E-state index contributed by atoms with van der Waals surface area (Å²) in [7, 11) is 0. The summed E-state index contributed by atoms with van der Waals surface area (Å²) in [5.74, 6) is -0.440. The Morgan fingerprint density at radius 1 is 0.810 bits per heavy atom. The van der Waals surface area contributed by atoms with Crippen molar-refractivity contribution in [3.8, 4) is 0 Å². The van der Waals surface area contributed by atoms with E-state index in [4.69, 9.17) is 5.11 Å². The molecule has 0 amide bonds. The lowest BCUT2D eigenvalue weighted by Gasteiger charge is -1.95. The highest BCUT2D eigenvalue weighted by Crippen LogP contribution is 2.04. The van der Waals surface area contributed by atoms with Gasteiger partial charge in [-0.15, -0.1) is 0 Å². The molecule has 0 spiro atoms. The van der Waals surface area contributed by atoms with Gasteiger partial charge in [0.1, 0.15) is 5.78 Å². The van der Waals surface area contributed by atoms with E-state index in [0.717, 1.165) is 32.1 Å². The molecule has 120 valence electrons. The topological polar surface area (TPSA) is 54.4 Å². The van der Waals surface area contributed by atoms with Crippen molar-refractivity contribution >= 4 is 11.8 Å². The van der Waals surface area contributed by atoms with Crippen molar-refractivity contribution in [2.75, 3.05) is 0 Å². The maximum Gasteiger partial charge on any atom is 0.303 e. The molecular formula is C18H30O3. The normalized spacial score (nSPS) is 11.5. The minimum absolute atomic E-state index is 0.247. The molecule has 0 aromatic carbocycles. The molecule has 3 nitrogen and oxygen atoms in total. The Kier molecular flexibility index (Phi) is 14.0. The number of hydrogen-bond donors (Lipinski definition) is 1. The number of ketones is 1. The Hall–Kier alpha value is -1.38. The minimum atomic E-state index is -0.729. The first-order valence-corrected chi connectivity index (χ1v) is 8.20. The summed E-state index contributed by atoms with van der Waals surface area (Å²) in [5, 5.41) is 8.49. The van der Waals surface area contributed by atoms with Crippen LogP contribution >= 0.6 is 0 Å². The summed E-state index contributed by atoms with van der Waals surface area (Å²) in [6.45, 7) is 2.19. The number of aliphatic carboxylic acids is 1. The van der Waals surface area contributed by atoms with Crippen LogP contribution in [0, 0.1) is 0 Å². The highest BCUT2D eigenvalue weighted by Gasteiger charge is 1.97. The molecule has 3 heteroatoms. The van der Waals surface area contributed by atoms with E-state index in [0.29, 0.717) is 12.8 Å². The average molecular weight is 294 g/mol. The summed E-state index contributed by atoms with van der Waals surface area (Å²) >= 11 is 0. The summed E-state index contributed by atoms with van der Waals surface area (Å²) in [6, 6.07) is 0. The molecule has 0 saturated carbocycles. The van der Waals surface area contributed by atoms with Gasteiger partial charge in [-0.05, 0) is 38.5 Å². The van der Waals surface area contributed by atoms with Gasteiger partial charge in [-0.1, -0.05) is 44.1 Å². The monoisotopic (exact) mass is 294 g/mol. The smallest absolute Gasteiger partial charge is 0.303 e. The molecule has 0 aliphatic rings. The first-order chi connectivity index (χ1) is 10.2. The van der Waals surface area contributed by atoms with Crippen molar-refractivity contribution in [1.82, 2.24) is 0 Å². The standard InChI is InChI=1S/C18H30O3/c1-2-3-4-5-8-11-14-17(19)15-12-9-6-7-10-13-16-18(20)21/h6,8-9,11H,2-5,7,10,12-16H2,1H3,(H,20,21)/b9-6-,11-8-. The van der Waals surface area contributed by atoms with Crippen LogP contribution in [-0.2, 0) is 9.59 Å². The van der Waals surface area contributed by atoms with E-state index in [-0.39, 0.29) is 12.2 Å². The van der Waals surface area contributed by atoms with Gasteiger partial charge >= 0.3 is 5.97 Å². The number of carbonyl (C=O) groups is 2. The van der Waals surface area contributed by atoms with Crippen molar-refractivity contribution in [2.45, 2.75) is 77.6 Å². The number of carboxylic acid groups (broad SMARTS) is 1. The summed E-state index contributed by atoms with van der Waals surface area (Å²) in [5.41, 5.74) is 0. The second kappa shape index (κ2) is 15.0. The molecule has 0 aliphatic heterocycles. The number of unbranched alkanes of at least 4 members (excludes halogenated alkanes) is 5. The quantitative estimate of drug-likeness (QED) is 0.360. The Morgan fingerprint density at radius 3 is 2.10 bits per heavy atom. The largest absolute Gasteiger partial charge is 0.481 e. The molecule has 0 saturated heterocycles. The lowest BCUT2D eigenvalue weighted by molar-refractivity contribution is -0.137. The Bertz CT molecular complexity index is 329. The van der Waals surface area contributed by atoms with Gasteiger partial charge < -0.3 is 5.11 Å². The molecule has 0 radical (unpaired) electrons. The number of carboxylic acids is 1. The lowest BCUT2D eigenvalue weighted by Crippen LogP contribution is -1.94. The van der Waals surface area contributed by atoms with E-state index in [1.807, 2.05) is 12.2 Å². The fraction of sp³-hybridized carbons (Fsp3) is 0.667. The van der Waals surface area contributed by atoms with E-state index in [1.54, 1.807) is 0 Å². The van der Waals surface area contributed by atoms with E-state index >= 15 is 0 Å². The number of Topliss-reactive ketones (excluding diaryl/α,β-unsaturated/α-hetero) is 1. The van der Waals surface area contributed by atoms with Crippen LogP contribution in [0.3, 0.4) is 0 Å². The lowest BCUT2D eigenvalue weighted by atomic mass is 10.1. The van der Waals surface area contributed by atoms with Crippen LogP contribution in [0.15, 0.2) is 24.3 Å². The summed E-state index contributed by atoms with van der Waals surface area (Å²) in [6.07, 6.45) is 17.7. The van der Waals surface area contributed by atoms with E-state index in [9.17, 15) is 9.59 Å². The van der Waals surface area contributed by atoms with Gasteiger partial charge in [-0.3, -0.25) is 9.59 Å². The zero-order chi connectivity index (χ0) is 15.8. The average Bonchev–Trinajstić information content (AvgIpc) is 2.45. The van der Waals surface area contributed by atoms with Gasteiger partial charge in [0.2, 0.25) is 0 Å². The van der Waals surface area contributed by atoms with Crippen LogP contribution in [0.1, 0.15) is 77.6 Å². The number of allylic oxidation sites excluding steroid dienone is 4. The Balaban J connectivity index is 3.42. The molecule has 0 aromatic heterocycles. The van der Waals surface area contributed by atoms with Crippen LogP contribution in [0.25, 0.3) is 0 Å². The van der Waals surface area contributed by atoms with Gasteiger partial charge in [0, 0.05) is 19.3 Å². The van der Waals surface area contributed by atoms with Crippen molar-refractivity contribution in [2.24, 2.45) is 0 Å². The third-order valence-corrected chi connectivity index (χ3v) is 3.25. The molecule has 0 heterocycles. The maximum absolute atomic E-state index is 11.6. The summed E-state index contributed by atoms with van der Waals surface area (Å²) in [4.78, 5) is 21.9. The maximum atomic E-state index is 11.6. The Labute approximate surface area is 129 Å². The fourth-order valence-electron chi connectivity index (χ4n) is 1.97. The predicted octanol–water partition coefficient (Wildman–Crippen LogP) is 5.06. The second-order valence-electron chi connectivity index (χ2n) is 5.36. The van der Waals surface area contributed by atoms with E-state index in [1.165, 1.54) is 19.3 Å². The third kappa shape index (κ3) is 16.6. The molecular weight excluding hydrogens is 264 g/mol. The van der Waals surface area contributed by atoms with Crippen LogP contribution in [0.5, 0.6) is 0 Å². The first kappa shape index (κ1) is 19.6. The number of rotatable bonds is 14. The SMILES string of the molecule is CCCCC/C=C\CC(=O)CC/C=C\CCCCC(=O)O. The highest BCUT2D eigenvalue weighted by atomic mass is 16.4. The number of carbonyl (C=O) groups excluding carboxylic acids is 1. The van der Waals surface area contributed by atoms with Gasteiger partial charge in [-0.25, -0.2) is 0 Å².